The van der Waals surface area contributed by atoms with Crippen LogP contribution in [0.2, 0.25) is 0 Å². The van der Waals surface area contributed by atoms with Gasteiger partial charge in [-0.25, -0.2) is 0 Å². The molecule has 11 aromatic carbocycles. The summed E-state index contributed by atoms with van der Waals surface area (Å²) in [7, 11) is 0. The second kappa shape index (κ2) is 15.8. The fourth-order valence-corrected chi connectivity index (χ4v) is 9.74. The molecule has 300 valence electrons. The van der Waals surface area contributed by atoms with E-state index in [1.54, 1.807) is 0 Å². The lowest BCUT2D eigenvalue weighted by Crippen LogP contribution is -2.10. The molecule has 0 radical (unpaired) electrons. The van der Waals surface area contributed by atoms with Crippen LogP contribution in [0.25, 0.3) is 93.5 Å². The molecule has 2 nitrogen and oxygen atoms in total. The van der Waals surface area contributed by atoms with Crippen molar-refractivity contribution in [2.75, 3.05) is 4.90 Å². The first-order valence-electron chi connectivity index (χ1n) is 22.0. The molecule has 0 aliphatic carbocycles. The second-order valence-electron chi connectivity index (χ2n) is 16.5. The fraction of sp³-hybridized carbons (Fsp3) is 0. The minimum absolute atomic E-state index is 1.09. The summed E-state index contributed by atoms with van der Waals surface area (Å²) in [4.78, 5) is 2.38. The number of anilines is 3. The van der Waals surface area contributed by atoms with Crippen molar-refractivity contribution in [3.8, 4) is 50.2 Å². The van der Waals surface area contributed by atoms with Crippen LogP contribution in [0.5, 0.6) is 0 Å². The molecule has 2 heteroatoms. The average Bonchev–Trinajstić information content (AvgIpc) is 3.71. The topological polar surface area (TPSA) is 8.17 Å². The molecule has 1 heterocycles. The van der Waals surface area contributed by atoms with E-state index in [2.05, 4.69) is 264 Å². The Hall–Kier alpha value is -8.46. The first-order valence-corrected chi connectivity index (χ1v) is 22.0. The molecule has 0 atom stereocenters. The van der Waals surface area contributed by atoms with E-state index < -0.39 is 0 Å². The highest BCUT2D eigenvalue weighted by Crippen LogP contribution is 2.42. The molecule has 1 aromatic heterocycles. The van der Waals surface area contributed by atoms with Crippen LogP contribution >= 0.6 is 0 Å². The molecule has 12 aromatic rings. The minimum Gasteiger partial charge on any atom is -0.310 e. The lowest BCUT2D eigenvalue weighted by molar-refractivity contribution is 1.20. The van der Waals surface area contributed by atoms with Crippen LogP contribution in [0.4, 0.5) is 17.1 Å². The van der Waals surface area contributed by atoms with Crippen LogP contribution in [0, 0.1) is 0 Å². The molecule has 0 N–H and O–H groups in total. The SMILES string of the molecule is c1ccc(-c2cccc(N(c3ccc(-c4cc(-c5ccccc5)cc5ccccc45)cc3)c3ccc(-c4ccc(-n5c6ccccc6c6ccccc65)c5ccccc45)cc3)c2)cc1. The van der Waals surface area contributed by atoms with Crippen LogP contribution in [-0.2, 0) is 0 Å². The molecule has 0 aliphatic rings. The first-order chi connectivity index (χ1) is 31.7. The summed E-state index contributed by atoms with van der Waals surface area (Å²) in [6.45, 7) is 0. The summed E-state index contributed by atoms with van der Waals surface area (Å²) < 4.78 is 2.43. The monoisotopic (exact) mass is 814 g/mol. The molecule has 0 saturated heterocycles. The maximum absolute atomic E-state index is 2.43. The van der Waals surface area contributed by atoms with Crippen LogP contribution in [0.3, 0.4) is 0 Å². The Labute approximate surface area is 373 Å². The van der Waals surface area contributed by atoms with Gasteiger partial charge in [0.15, 0.2) is 0 Å². The lowest BCUT2D eigenvalue weighted by Gasteiger charge is -2.26. The van der Waals surface area contributed by atoms with Crippen molar-refractivity contribution in [1.82, 2.24) is 4.57 Å². The molecule has 0 fully saturated rings. The zero-order chi connectivity index (χ0) is 42.4. The summed E-state index contributed by atoms with van der Waals surface area (Å²) in [6, 6.07) is 92.6. The number of aromatic nitrogens is 1. The Morgan fingerprint density at radius 2 is 0.750 bits per heavy atom. The highest BCUT2D eigenvalue weighted by Gasteiger charge is 2.18. The lowest BCUT2D eigenvalue weighted by atomic mass is 9.93. The Morgan fingerprint density at radius 1 is 0.250 bits per heavy atom. The van der Waals surface area contributed by atoms with E-state index in [1.807, 2.05) is 0 Å². The van der Waals surface area contributed by atoms with E-state index in [9.17, 15) is 0 Å². The third kappa shape index (κ3) is 6.52. The summed E-state index contributed by atoms with van der Waals surface area (Å²) in [5, 5.41) is 7.45. The number of nitrogens with zero attached hydrogens (tertiary/aromatic N) is 2. The Morgan fingerprint density at radius 3 is 1.39 bits per heavy atom. The van der Waals surface area contributed by atoms with Gasteiger partial charge in [0.25, 0.3) is 0 Å². The van der Waals surface area contributed by atoms with Crippen molar-refractivity contribution in [2.24, 2.45) is 0 Å². The third-order valence-electron chi connectivity index (χ3n) is 12.8. The van der Waals surface area contributed by atoms with Gasteiger partial charge in [-0.1, -0.05) is 188 Å². The summed E-state index contributed by atoms with van der Waals surface area (Å²) in [5.41, 5.74) is 16.5. The molecule has 12 rings (SSSR count). The number of hydrogen-bond acceptors (Lipinski definition) is 1. The number of hydrogen-bond donors (Lipinski definition) is 0. The van der Waals surface area contributed by atoms with Crippen LogP contribution < -0.4 is 4.90 Å². The average molecular weight is 815 g/mol. The number of rotatable bonds is 8. The summed E-state index contributed by atoms with van der Waals surface area (Å²) >= 11 is 0. The molecule has 64 heavy (non-hydrogen) atoms. The van der Waals surface area contributed by atoms with E-state index in [0.29, 0.717) is 0 Å². The van der Waals surface area contributed by atoms with Crippen molar-refractivity contribution in [2.45, 2.75) is 0 Å². The summed E-state index contributed by atoms with van der Waals surface area (Å²) in [5.74, 6) is 0. The normalized spacial score (nSPS) is 11.4. The standard InChI is InChI=1S/C62H42N2/c1-3-16-43(17-4-1)47-21-15-22-52(41-47)63(51-36-32-46(33-37-51)59-42-49(44-18-5-2-6-19-44)40-48-20-7-8-23-53(48)59)50-34-30-45(31-35-50)54-38-39-62(56-25-10-9-24-55(54)56)64-60-28-13-11-26-57(60)58-27-12-14-29-61(58)64/h1-42H. The van der Waals surface area contributed by atoms with E-state index in [4.69, 9.17) is 0 Å². The van der Waals surface area contributed by atoms with Gasteiger partial charge in [0.1, 0.15) is 0 Å². The maximum Gasteiger partial charge on any atom is 0.0541 e. The predicted molar refractivity (Wildman–Crippen MR) is 272 cm³/mol. The quantitative estimate of drug-likeness (QED) is 0.148. The van der Waals surface area contributed by atoms with E-state index in [0.717, 1.165) is 17.1 Å². The van der Waals surface area contributed by atoms with Gasteiger partial charge < -0.3 is 9.47 Å². The zero-order valence-electron chi connectivity index (χ0n) is 35.1. The highest BCUT2D eigenvalue weighted by atomic mass is 15.1. The molecule has 0 amide bonds. The molecule has 0 saturated carbocycles. The second-order valence-corrected chi connectivity index (χ2v) is 16.5. The largest absolute Gasteiger partial charge is 0.310 e. The van der Waals surface area contributed by atoms with Crippen molar-refractivity contribution < 1.29 is 0 Å². The van der Waals surface area contributed by atoms with Crippen LogP contribution in [0.1, 0.15) is 0 Å². The third-order valence-corrected chi connectivity index (χ3v) is 12.8. The van der Waals surface area contributed by atoms with Gasteiger partial charge in [0.05, 0.1) is 16.7 Å². The fourth-order valence-electron chi connectivity index (χ4n) is 9.74. The Balaban J connectivity index is 0.960. The highest BCUT2D eigenvalue weighted by molar-refractivity contribution is 6.11. The molecular weight excluding hydrogens is 773 g/mol. The Bertz CT molecular complexity index is 3590. The maximum atomic E-state index is 2.43. The number of benzene rings is 11. The van der Waals surface area contributed by atoms with Gasteiger partial charge in [-0.3, -0.25) is 0 Å². The minimum atomic E-state index is 1.09. The van der Waals surface area contributed by atoms with Gasteiger partial charge in [-0.15, -0.1) is 0 Å². The Kier molecular flexibility index (Phi) is 9.20. The number of fused-ring (bicyclic) bond motifs is 5. The van der Waals surface area contributed by atoms with Gasteiger partial charge in [0, 0.05) is 33.2 Å². The van der Waals surface area contributed by atoms with Gasteiger partial charge in [-0.2, -0.15) is 0 Å². The van der Waals surface area contributed by atoms with Crippen molar-refractivity contribution >= 4 is 60.4 Å². The van der Waals surface area contributed by atoms with Crippen LogP contribution in [0.15, 0.2) is 255 Å². The molecule has 0 unspecified atom stereocenters. The zero-order valence-corrected chi connectivity index (χ0v) is 35.1. The van der Waals surface area contributed by atoms with Gasteiger partial charge in [-0.05, 0) is 127 Å². The summed E-state index contributed by atoms with van der Waals surface area (Å²) in [6.07, 6.45) is 0. The number of para-hydroxylation sites is 2. The van der Waals surface area contributed by atoms with Crippen LogP contribution in [-0.4, -0.2) is 4.57 Å². The van der Waals surface area contributed by atoms with Crippen molar-refractivity contribution in [3.05, 3.63) is 255 Å². The molecule has 0 bridgehead atoms. The smallest absolute Gasteiger partial charge is 0.0541 e. The van der Waals surface area contributed by atoms with E-state index in [1.165, 1.54) is 93.5 Å². The molecule has 0 spiro atoms. The molecule has 0 aliphatic heterocycles. The van der Waals surface area contributed by atoms with Crippen molar-refractivity contribution in [3.63, 3.8) is 0 Å². The molecular formula is C62H42N2. The van der Waals surface area contributed by atoms with Crippen molar-refractivity contribution in [1.29, 1.82) is 0 Å². The van der Waals surface area contributed by atoms with Gasteiger partial charge >= 0.3 is 0 Å². The van der Waals surface area contributed by atoms with E-state index >= 15 is 0 Å². The predicted octanol–water partition coefficient (Wildman–Crippen LogP) is 17.2. The van der Waals surface area contributed by atoms with Gasteiger partial charge in [0.2, 0.25) is 0 Å². The van der Waals surface area contributed by atoms with E-state index in [-0.39, 0.29) is 0 Å². The first kappa shape index (κ1) is 37.3.